The molecule has 0 radical (unpaired) electrons. The van der Waals surface area contributed by atoms with Gasteiger partial charge in [-0.2, -0.15) is 10.5 Å². The van der Waals surface area contributed by atoms with Crippen LogP contribution < -0.4 is 5.32 Å². The molecule has 1 N–H and O–H groups in total. The molecule has 2 aromatic carbocycles. The van der Waals surface area contributed by atoms with Gasteiger partial charge < -0.3 is 5.32 Å². The normalized spacial score (nSPS) is 11.4. The Labute approximate surface area is 109 Å². The Balaban J connectivity index is 2.07. The highest BCUT2D eigenvalue weighted by atomic mass is 32.2. The highest BCUT2D eigenvalue weighted by Gasteiger charge is 2.16. The molecule has 0 amide bonds. The van der Waals surface area contributed by atoms with Crippen molar-refractivity contribution in [2.24, 2.45) is 0 Å². The second-order valence-corrected chi connectivity index (χ2v) is 4.96. The summed E-state index contributed by atoms with van der Waals surface area (Å²) < 4.78 is 0. The Morgan fingerprint density at radius 2 is 1.33 bits per heavy atom. The topological polar surface area (TPSA) is 59.6 Å². The molecule has 0 aromatic heterocycles. The van der Waals surface area contributed by atoms with Crippen molar-refractivity contribution in [2.75, 3.05) is 5.32 Å². The Bertz CT molecular complexity index is 661. The summed E-state index contributed by atoms with van der Waals surface area (Å²) in [5, 5.41) is 21.0. The van der Waals surface area contributed by atoms with Crippen LogP contribution in [0.2, 0.25) is 0 Å². The molecule has 3 rings (SSSR count). The van der Waals surface area contributed by atoms with Gasteiger partial charge >= 0.3 is 0 Å². The Kier molecular flexibility index (Phi) is 2.44. The van der Waals surface area contributed by atoms with Gasteiger partial charge in [0.05, 0.1) is 34.6 Å². The minimum atomic E-state index is 0.627. The molecule has 1 aliphatic heterocycles. The summed E-state index contributed by atoms with van der Waals surface area (Å²) in [7, 11) is 0. The quantitative estimate of drug-likeness (QED) is 0.660. The molecule has 0 unspecified atom stereocenters. The third-order valence-electron chi connectivity index (χ3n) is 2.71. The fourth-order valence-corrected chi connectivity index (χ4v) is 2.78. The average molecular weight is 249 g/mol. The second kappa shape index (κ2) is 4.10. The summed E-state index contributed by atoms with van der Waals surface area (Å²) in [6.07, 6.45) is 0. The fraction of sp³-hybridized carbons (Fsp3) is 0. The minimum Gasteiger partial charge on any atom is -0.354 e. The van der Waals surface area contributed by atoms with Crippen LogP contribution in [0.5, 0.6) is 0 Å². The van der Waals surface area contributed by atoms with Gasteiger partial charge in [-0.15, -0.1) is 0 Å². The van der Waals surface area contributed by atoms with E-state index in [1.807, 2.05) is 36.4 Å². The van der Waals surface area contributed by atoms with Crippen molar-refractivity contribution in [3.63, 3.8) is 0 Å². The van der Waals surface area contributed by atoms with Gasteiger partial charge in [0.25, 0.3) is 0 Å². The standard InChI is InChI=1S/C14H7N3S/c15-7-9-1-3-13-11(5-9)17-12-6-10(8-16)2-4-14(12)18-13/h1-6,17H. The number of benzene rings is 2. The third-order valence-corrected chi connectivity index (χ3v) is 3.86. The van der Waals surface area contributed by atoms with Crippen LogP contribution in [0.25, 0.3) is 0 Å². The first-order valence-electron chi connectivity index (χ1n) is 5.33. The van der Waals surface area contributed by atoms with Gasteiger partial charge in [0.1, 0.15) is 0 Å². The van der Waals surface area contributed by atoms with Crippen LogP contribution in [-0.4, -0.2) is 0 Å². The molecule has 0 fully saturated rings. The van der Waals surface area contributed by atoms with E-state index in [9.17, 15) is 0 Å². The molecule has 0 aliphatic carbocycles. The molecule has 1 aliphatic rings. The SMILES string of the molecule is N#Cc1ccc2c(c1)Nc1cc(C#N)ccc1S2. The van der Waals surface area contributed by atoms with Gasteiger partial charge in [0.2, 0.25) is 0 Å². The molecular formula is C14H7N3S. The highest BCUT2D eigenvalue weighted by Crippen LogP contribution is 2.44. The molecule has 0 atom stereocenters. The van der Waals surface area contributed by atoms with Crippen LogP contribution >= 0.6 is 11.8 Å². The van der Waals surface area contributed by atoms with Crippen LogP contribution in [0.15, 0.2) is 46.2 Å². The lowest BCUT2D eigenvalue weighted by atomic mass is 10.1. The van der Waals surface area contributed by atoms with Crippen molar-refractivity contribution in [1.29, 1.82) is 10.5 Å². The summed E-state index contributed by atoms with van der Waals surface area (Å²) in [6.45, 7) is 0. The number of rotatable bonds is 0. The van der Waals surface area contributed by atoms with E-state index in [4.69, 9.17) is 10.5 Å². The zero-order valence-corrected chi connectivity index (χ0v) is 10.1. The first kappa shape index (κ1) is 10.7. The van der Waals surface area contributed by atoms with Gasteiger partial charge in [0.15, 0.2) is 0 Å². The zero-order valence-electron chi connectivity index (χ0n) is 9.27. The Morgan fingerprint density at radius 3 is 1.78 bits per heavy atom. The monoisotopic (exact) mass is 249 g/mol. The zero-order chi connectivity index (χ0) is 12.5. The molecule has 3 nitrogen and oxygen atoms in total. The molecule has 4 heteroatoms. The van der Waals surface area contributed by atoms with Gasteiger partial charge in [0, 0.05) is 9.79 Å². The number of anilines is 2. The minimum absolute atomic E-state index is 0.627. The van der Waals surface area contributed by atoms with Gasteiger partial charge in [-0.05, 0) is 36.4 Å². The number of nitrogens with one attached hydrogen (secondary N) is 1. The van der Waals surface area contributed by atoms with E-state index >= 15 is 0 Å². The lowest BCUT2D eigenvalue weighted by molar-refractivity contribution is 1.30. The molecule has 0 saturated heterocycles. The first-order chi connectivity index (χ1) is 8.80. The predicted octanol–water partition coefficient (Wildman–Crippen LogP) is 3.64. The smallest absolute Gasteiger partial charge is 0.0992 e. The van der Waals surface area contributed by atoms with Crippen molar-refractivity contribution in [3.05, 3.63) is 47.5 Å². The van der Waals surface area contributed by atoms with Crippen LogP contribution in [0.4, 0.5) is 11.4 Å². The Hall–Kier alpha value is -2.43. The number of fused-ring (bicyclic) bond motifs is 2. The summed E-state index contributed by atoms with van der Waals surface area (Å²) in [6, 6.07) is 15.4. The number of hydrogen-bond donors (Lipinski definition) is 1. The molecule has 1 heterocycles. The molecule has 84 valence electrons. The van der Waals surface area contributed by atoms with Crippen molar-refractivity contribution in [2.45, 2.75) is 9.79 Å². The number of hydrogen-bond acceptors (Lipinski definition) is 4. The molecule has 0 saturated carbocycles. The van der Waals surface area contributed by atoms with Crippen molar-refractivity contribution < 1.29 is 0 Å². The van der Waals surface area contributed by atoms with Gasteiger partial charge in [-0.1, -0.05) is 11.8 Å². The largest absolute Gasteiger partial charge is 0.354 e. The van der Waals surface area contributed by atoms with E-state index < -0.39 is 0 Å². The summed E-state index contributed by atoms with van der Waals surface area (Å²) in [5.74, 6) is 0. The van der Waals surface area contributed by atoms with Crippen molar-refractivity contribution in [1.82, 2.24) is 0 Å². The van der Waals surface area contributed by atoms with E-state index in [1.165, 1.54) is 0 Å². The highest BCUT2D eigenvalue weighted by molar-refractivity contribution is 7.99. The van der Waals surface area contributed by atoms with Crippen LogP contribution in [0.1, 0.15) is 11.1 Å². The molecule has 18 heavy (non-hydrogen) atoms. The Morgan fingerprint density at radius 1 is 0.833 bits per heavy atom. The van der Waals surface area contributed by atoms with Crippen LogP contribution in [0.3, 0.4) is 0 Å². The summed E-state index contributed by atoms with van der Waals surface area (Å²) >= 11 is 1.64. The van der Waals surface area contributed by atoms with E-state index in [0.717, 1.165) is 21.2 Å². The van der Waals surface area contributed by atoms with E-state index in [2.05, 4.69) is 17.5 Å². The lowest BCUT2D eigenvalue weighted by Crippen LogP contribution is -2.00. The fourth-order valence-electron chi connectivity index (χ4n) is 1.84. The molecule has 0 bridgehead atoms. The maximum absolute atomic E-state index is 8.89. The van der Waals surface area contributed by atoms with E-state index in [1.54, 1.807) is 11.8 Å². The molecule has 2 aromatic rings. The summed E-state index contributed by atoms with van der Waals surface area (Å²) in [4.78, 5) is 2.18. The van der Waals surface area contributed by atoms with E-state index in [0.29, 0.717) is 11.1 Å². The van der Waals surface area contributed by atoms with Gasteiger partial charge in [-0.3, -0.25) is 0 Å². The predicted molar refractivity (Wildman–Crippen MR) is 69.7 cm³/mol. The summed E-state index contributed by atoms with van der Waals surface area (Å²) in [5.41, 5.74) is 3.09. The van der Waals surface area contributed by atoms with Crippen molar-refractivity contribution >= 4 is 23.1 Å². The maximum atomic E-state index is 8.89. The maximum Gasteiger partial charge on any atom is 0.0992 e. The second-order valence-electron chi connectivity index (χ2n) is 3.87. The van der Waals surface area contributed by atoms with Crippen molar-refractivity contribution in [3.8, 4) is 12.1 Å². The molecule has 0 spiro atoms. The van der Waals surface area contributed by atoms with Gasteiger partial charge in [-0.25, -0.2) is 0 Å². The molecular weight excluding hydrogens is 242 g/mol. The van der Waals surface area contributed by atoms with Crippen LogP contribution in [-0.2, 0) is 0 Å². The first-order valence-corrected chi connectivity index (χ1v) is 6.15. The number of nitrogens with zero attached hydrogens (tertiary/aromatic N) is 2. The van der Waals surface area contributed by atoms with Crippen LogP contribution in [0, 0.1) is 22.7 Å². The lowest BCUT2D eigenvalue weighted by Gasteiger charge is -2.20. The van der Waals surface area contributed by atoms with E-state index in [-0.39, 0.29) is 0 Å². The number of nitriles is 2. The average Bonchev–Trinajstić information content (AvgIpc) is 2.43. The third kappa shape index (κ3) is 1.69.